The van der Waals surface area contributed by atoms with Gasteiger partial charge in [0.2, 0.25) is 0 Å². The molecule has 1 aliphatic rings. The molecule has 0 unspecified atom stereocenters. The second kappa shape index (κ2) is 3.69. The van der Waals surface area contributed by atoms with E-state index in [9.17, 15) is 4.79 Å². The topological polar surface area (TPSA) is 64.3 Å². The molecule has 1 heterocycles. The molecular weight excluding hydrogens is 144 g/mol. The van der Waals surface area contributed by atoms with Crippen molar-refractivity contribution >= 4 is 5.97 Å². The Balaban J connectivity index is 2.39. The summed E-state index contributed by atoms with van der Waals surface area (Å²) in [5, 5.41) is 3.05. The highest BCUT2D eigenvalue weighted by molar-refractivity contribution is 5.75. The van der Waals surface area contributed by atoms with Gasteiger partial charge in [0, 0.05) is 6.04 Å². The zero-order valence-electron chi connectivity index (χ0n) is 6.67. The maximum Gasteiger partial charge on any atom is 0.322 e. The van der Waals surface area contributed by atoms with E-state index in [-0.39, 0.29) is 18.1 Å². The van der Waals surface area contributed by atoms with Gasteiger partial charge in [0.25, 0.3) is 0 Å². The van der Waals surface area contributed by atoms with Gasteiger partial charge < -0.3 is 15.8 Å². The molecular formula is C7H14N2O2. The summed E-state index contributed by atoms with van der Waals surface area (Å²) in [4.78, 5) is 11.0. The number of esters is 1. The smallest absolute Gasteiger partial charge is 0.322 e. The van der Waals surface area contributed by atoms with Gasteiger partial charge in [0.1, 0.15) is 6.04 Å². The Hall–Kier alpha value is -0.610. The highest BCUT2D eigenvalue weighted by atomic mass is 16.5. The number of nitrogens with two attached hydrogens (primary N) is 1. The molecule has 0 aliphatic carbocycles. The van der Waals surface area contributed by atoms with Crippen LogP contribution in [-0.4, -0.2) is 31.7 Å². The van der Waals surface area contributed by atoms with E-state index < -0.39 is 0 Å². The molecule has 0 radical (unpaired) electrons. The van der Waals surface area contributed by atoms with Crippen molar-refractivity contribution in [3.63, 3.8) is 0 Å². The Kier molecular flexibility index (Phi) is 2.84. The van der Waals surface area contributed by atoms with Crippen molar-refractivity contribution in [3.05, 3.63) is 0 Å². The molecule has 4 nitrogen and oxygen atoms in total. The second-order valence-corrected chi connectivity index (χ2v) is 2.81. The SMILES string of the molecule is COC(=O)[C@H]1C[C@H](N)CCN1. The zero-order valence-corrected chi connectivity index (χ0v) is 6.67. The van der Waals surface area contributed by atoms with Crippen molar-refractivity contribution in [2.45, 2.75) is 24.9 Å². The van der Waals surface area contributed by atoms with Gasteiger partial charge in [-0.3, -0.25) is 4.79 Å². The molecule has 1 rings (SSSR count). The molecule has 3 N–H and O–H groups in total. The first-order chi connectivity index (χ1) is 5.24. The minimum absolute atomic E-state index is 0.139. The predicted molar refractivity (Wildman–Crippen MR) is 41.0 cm³/mol. The Morgan fingerprint density at radius 2 is 2.45 bits per heavy atom. The van der Waals surface area contributed by atoms with Crippen LogP contribution in [0.4, 0.5) is 0 Å². The lowest BCUT2D eigenvalue weighted by Gasteiger charge is -2.25. The molecule has 0 amide bonds. The van der Waals surface area contributed by atoms with Gasteiger partial charge in [0.05, 0.1) is 7.11 Å². The van der Waals surface area contributed by atoms with Gasteiger partial charge in [-0.2, -0.15) is 0 Å². The summed E-state index contributed by atoms with van der Waals surface area (Å²) in [5.74, 6) is -0.208. The van der Waals surface area contributed by atoms with E-state index in [1.165, 1.54) is 7.11 Å². The zero-order chi connectivity index (χ0) is 8.27. The quantitative estimate of drug-likeness (QED) is 0.492. The Bertz CT molecular complexity index is 149. The summed E-state index contributed by atoms with van der Waals surface area (Å²) in [6, 6.07) is -0.0518. The van der Waals surface area contributed by atoms with Crippen LogP contribution in [0.15, 0.2) is 0 Å². The first-order valence-electron chi connectivity index (χ1n) is 3.81. The lowest BCUT2D eigenvalue weighted by molar-refractivity contribution is -0.143. The fourth-order valence-corrected chi connectivity index (χ4v) is 1.27. The number of carbonyl (C=O) groups excluding carboxylic acids is 1. The standard InChI is InChI=1S/C7H14N2O2/c1-11-7(10)6-4-5(8)2-3-9-6/h5-6,9H,2-4,8H2,1H3/t5-,6-/m1/s1. The molecule has 4 heteroatoms. The van der Waals surface area contributed by atoms with Crippen LogP contribution in [0, 0.1) is 0 Å². The summed E-state index contributed by atoms with van der Waals surface area (Å²) < 4.78 is 4.58. The lowest BCUT2D eigenvalue weighted by atomic mass is 10.0. The molecule has 0 spiro atoms. The molecule has 1 fully saturated rings. The highest BCUT2D eigenvalue weighted by Crippen LogP contribution is 2.06. The van der Waals surface area contributed by atoms with Gasteiger partial charge in [-0.05, 0) is 19.4 Å². The minimum atomic E-state index is -0.208. The van der Waals surface area contributed by atoms with Crippen molar-refractivity contribution in [1.29, 1.82) is 0 Å². The van der Waals surface area contributed by atoms with Crippen molar-refractivity contribution in [3.8, 4) is 0 Å². The molecule has 0 aromatic rings. The van der Waals surface area contributed by atoms with Crippen molar-refractivity contribution < 1.29 is 9.53 Å². The van der Waals surface area contributed by atoms with E-state index in [4.69, 9.17) is 5.73 Å². The number of piperidine rings is 1. The van der Waals surface area contributed by atoms with Crippen LogP contribution in [0.1, 0.15) is 12.8 Å². The number of carbonyl (C=O) groups is 1. The van der Waals surface area contributed by atoms with Crippen LogP contribution in [0.25, 0.3) is 0 Å². The summed E-state index contributed by atoms with van der Waals surface area (Å²) in [6.07, 6.45) is 1.63. The fourth-order valence-electron chi connectivity index (χ4n) is 1.27. The van der Waals surface area contributed by atoms with Gasteiger partial charge in [-0.25, -0.2) is 0 Å². The highest BCUT2D eigenvalue weighted by Gasteiger charge is 2.24. The molecule has 2 atom stereocenters. The largest absolute Gasteiger partial charge is 0.468 e. The Morgan fingerprint density at radius 3 is 3.00 bits per heavy atom. The van der Waals surface area contributed by atoms with E-state index >= 15 is 0 Å². The molecule has 64 valence electrons. The normalized spacial score (nSPS) is 31.5. The number of rotatable bonds is 1. The number of hydrogen-bond donors (Lipinski definition) is 2. The monoisotopic (exact) mass is 158 g/mol. The molecule has 0 aromatic heterocycles. The average Bonchev–Trinajstić information content (AvgIpc) is 2.03. The predicted octanol–water partition coefficient (Wildman–Crippen LogP) is -0.761. The maximum atomic E-state index is 11.0. The van der Waals surface area contributed by atoms with E-state index in [2.05, 4.69) is 10.1 Å². The molecule has 11 heavy (non-hydrogen) atoms. The summed E-state index contributed by atoms with van der Waals surface area (Å²) in [7, 11) is 1.39. The van der Waals surface area contributed by atoms with Crippen molar-refractivity contribution in [2.75, 3.05) is 13.7 Å². The van der Waals surface area contributed by atoms with Crippen LogP contribution in [0.5, 0.6) is 0 Å². The van der Waals surface area contributed by atoms with Gasteiger partial charge in [0.15, 0.2) is 0 Å². The van der Waals surface area contributed by atoms with Crippen LogP contribution in [0.3, 0.4) is 0 Å². The molecule has 0 saturated carbocycles. The van der Waals surface area contributed by atoms with E-state index in [0.29, 0.717) is 6.42 Å². The van der Waals surface area contributed by atoms with Crippen LogP contribution in [-0.2, 0) is 9.53 Å². The van der Waals surface area contributed by atoms with Crippen LogP contribution >= 0.6 is 0 Å². The maximum absolute atomic E-state index is 11.0. The molecule has 0 bridgehead atoms. The number of methoxy groups -OCH3 is 1. The summed E-state index contributed by atoms with van der Waals surface area (Å²) >= 11 is 0. The first kappa shape index (κ1) is 8.49. The Morgan fingerprint density at radius 1 is 1.73 bits per heavy atom. The van der Waals surface area contributed by atoms with Crippen LogP contribution in [0.2, 0.25) is 0 Å². The third kappa shape index (κ3) is 2.17. The van der Waals surface area contributed by atoms with E-state index in [1.54, 1.807) is 0 Å². The summed E-state index contributed by atoms with van der Waals surface area (Å²) in [5.41, 5.74) is 5.67. The third-order valence-corrected chi connectivity index (χ3v) is 1.93. The van der Waals surface area contributed by atoms with E-state index in [0.717, 1.165) is 13.0 Å². The number of ether oxygens (including phenoxy) is 1. The fraction of sp³-hybridized carbons (Fsp3) is 0.857. The van der Waals surface area contributed by atoms with Crippen molar-refractivity contribution in [2.24, 2.45) is 5.73 Å². The second-order valence-electron chi connectivity index (χ2n) is 2.81. The van der Waals surface area contributed by atoms with Gasteiger partial charge in [-0.15, -0.1) is 0 Å². The number of nitrogens with one attached hydrogen (secondary N) is 1. The summed E-state index contributed by atoms with van der Waals surface area (Å²) in [6.45, 7) is 0.806. The van der Waals surface area contributed by atoms with Gasteiger partial charge in [-0.1, -0.05) is 0 Å². The Labute approximate surface area is 66.1 Å². The minimum Gasteiger partial charge on any atom is -0.468 e. The third-order valence-electron chi connectivity index (χ3n) is 1.93. The van der Waals surface area contributed by atoms with Crippen molar-refractivity contribution in [1.82, 2.24) is 5.32 Å². The molecule has 1 aliphatic heterocycles. The van der Waals surface area contributed by atoms with Gasteiger partial charge >= 0.3 is 5.97 Å². The first-order valence-corrected chi connectivity index (χ1v) is 3.81. The molecule has 1 saturated heterocycles. The molecule has 0 aromatic carbocycles. The van der Waals surface area contributed by atoms with Crippen LogP contribution < -0.4 is 11.1 Å². The lowest BCUT2D eigenvalue weighted by Crippen LogP contribution is -2.48. The average molecular weight is 158 g/mol. The number of hydrogen-bond acceptors (Lipinski definition) is 4. The van der Waals surface area contributed by atoms with E-state index in [1.807, 2.05) is 0 Å².